The lowest BCUT2D eigenvalue weighted by atomic mass is 9.76. The maximum atomic E-state index is 12.4. The number of rotatable bonds is 4. The monoisotopic (exact) mass is 270 g/mol. The van der Waals surface area contributed by atoms with Crippen LogP contribution in [0.4, 0.5) is 0 Å². The molecule has 2 rings (SSSR count). The summed E-state index contributed by atoms with van der Waals surface area (Å²) in [7, 11) is 0. The molecule has 18 heavy (non-hydrogen) atoms. The van der Waals surface area contributed by atoms with Crippen LogP contribution in [-0.4, -0.2) is 36.5 Å². The van der Waals surface area contributed by atoms with Crippen molar-refractivity contribution >= 4 is 17.7 Å². The fourth-order valence-corrected chi connectivity index (χ4v) is 4.25. The first-order valence-corrected chi connectivity index (χ1v) is 8.42. The Morgan fingerprint density at radius 1 is 1.39 bits per heavy atom. The first-order valence-electron chi connectivity index (χ1n) is 7.37. The molecular formula is C14H26N2OS. The number of carbonyl (C=O) groups excluding carboxylic acids is 1. The minimum Gasteiger partial charge on any atom is -0.355 e. The molecular weight excluding hydrogens is 244 g/mol. The van der Waals surface area contributed by atoms with Crippen molar-refractivity contribution in [2.45, 2.75) is 50.7 Å². The van der Waals surface area contributed by atoms with Crippen LogP contribution in [0.15, 0.2) is 0 Å². The van der Waals surface area contributed by atoms with Gasteiger partial charge in [-0.15, -0.1) is 0 Å². The van der Waals surface area contributed by atoms with Gasteiger partial charge in [0.05, 0.1) is 5.41 Å². The van der Waals surface area contributed by atoms with E-state index in [1.54, 1.807) is 0 Å². The molecule has 0 saturated carbocycles. The van der Waals surface area contributed by atoms with Crippen LogP contribution in [0.5, 0.6) is 0 Å². The molecule has 3 nitrogen and oxygen atoms in total. The van der Waals surface area contributed by atoms with Crippen LogP contribution in [0.1, 0.15) is 45.4 Å². The predicted molar refractivity (Wildman–Crippen MR) is 77.9 cm³/mol. The Morgan fingerprint density at radius 2 is 2.17 bits per heavy atom. The van der Waals surface area contributed by atoms with E-state index >= 15 is 0 Å². The number of piperidine rings is 1. The summed E-state index contributed by atoms with van der Waals surface area (Å²) in [6.45, 7) is 5.00. The molecule has 0 aliphatic carbocycles. The van der Waals surface area contributed by atoms with E-state index in [0.29, 0.717) is 11.2 Å². The van der Waals surface area contributed by atoms with E-state index in [2.05, 4.69) is 17.6 Å². The summed E-state index contributed by atoms with van der Waals surface area (Å²) in [6.07, 6.45) is 6.90. The third-order valence-corrected chi connectivity index (χ3v) is 5.88. The minimum absolute atomic E-state index is 0.0927. The average Bonchev–Trinajstić information content (AvgIpc) is 2.46. The van der Waals surface area contributed by atoms with Gasteiger partial charge in [-0.1, -0.05) is 13.3 Å². The number of thioether (sulfide) groups is 1. The molecule has 1 atom stereocenters. The molecule has 2 heterocycles. The van der Waals surface area contributed by atoms with E-state index < -0.39 is 0 Å². The van der Waals surface area contributed by atoms with Crippen molar-refractivity contribution in [3.05, 3.63) is 0 Å². The molecule has 2 aliphatic rings. The van der Waals surface area contributed by atoms with Crippen LogP contribution >= 0.6 is 11.8 Å². The molecule has 2 N–H and O–H groups in total. The normalized spacial score (nSPS) is 27.7. The van der Waals surface area contributed by atoms with Gasteiger partial charge >= 0.3 is 0 Å². The van der Waals surface area contributed by atoms with Gasteiger partial charge in [0.15, 0.2) is 0 Å². The summed E-state index contributed by atoms with van der Waals surface area (Å²) in [6, 6.07) is 0. The van der Waals surface area contributed by atoms with Crippen LogP contribution in [-0.2, 0) is 4.79 Å². The van der Waals surface area contributed by atoms with Crippen LogP contribution < -0.4 is 10.6 Å². The highest BCUT2D eigenvalue weighted by Crippen LogP contribution is 2.33. The van der Waals surface area contributed by atoms with Crippen molar-refractivity contribution in [1.29, 1.82) is 0 Å². The number of carbonyl (C=O) groups is 1. The average molecular weight is 270 g/mol. The van der Waals surface area contributed by atoms with E-state index in [4.69, 9.17) is 0 Å². The Kier molecular flexibility index (Phi) is 5.37. The molecule has 0 aromatic carbocycles. The number of nitrogens with one attached hydrogen (secondary N) is 2. The highest BCUT2D eigenvalue weighted by molar-refractivity contribution is 7.99. The molecule has 1 unspecified atom stereocenters. The van der Waals surface area contributed by atoms with Crippen molar-refractivity contribution in [3.63, 3.8) is 0 Å². The minimum atomic E-state index is -0.0927. The lowest BCUT2D eigenvalue weighted by Crippen LogP contribution is -2.48. The molecule has 1 amide bonds. The summed E-state index contributed by atoms with van der Waals surface area (Å²) >= 11 is 2.03. The van der Waals surface area contributed by atoms with Gasteiger partial charge in [0, 0.05) is 11.8 Å². The maximum Gasteiger partial charge on any atom is 0.226 e. The summed E-state index contributed by atoms with van der Waals surface area (Å²) in [4.78, 5) is 12.4. The molecule has 0 spiro atoms. The Morgan fingerprint density at radius 3 is 2.78 bits per heavy atom. The summed E-state index contributed by atoms with van der Waals surface area (Å²) in [5, 5.41) is 7.23. The van der Waals surface area contributed by atoms with Gasteiger partial charge in [0.1, 0.15) is 0 Å². The van der Waals surface area contributed by atoms with Crippen molar-refractivity contribution < 1.29 is 4.79 Å². The molecule has 2 fully saturated rings. The SMILES string of the molecule is CCC1(C(=O)NCC2CCCCS2)CCNCC1. The van der Waals surface area contributed by atoms with Crippen molar-refractivity contribution in [3.8, 4) is 0 Å². The fourth-order valence-electron chi connectivity index (χ4n) is 3.01. The molecule has 104 valence electrons. The van der Waals surface area contributed by atoms with Gasteiger partial charge in [-0.2, -0.15) is 11.8 Å². The Hall–Kier alpha value is -0.220. The smallest absolute Gasteiger partial charge is 0.226 e. The van der Waals surface area contributed by atoms with Crippen molar-refractivity contribution in [1.82, 2.24) is 10.6 Å². The van der Waals surface area contributed by atoms with E-state index in [9.17, 15) is 4.79 Å². The lowest BCUT2D eigenvalue weighted by molar-refractivity contribution is -0.132. The van der Waals surface area contributed by atoms with Crippen LogP contribution in [0, 0.1) is 5.41 Å². The van der Waals surface area contributed by atoms with E-state index in [0.717, 1.165) is 38.9 Å². The van der Waals surface area contributed by atoms with Gasteiger partial charge in [0.25, 0.3) is 0 Å². The molecule has 2 saturated heterocycles. The quantitative estimate of drug-likeness (QED) is 0.822. The molecule has 0 aromatic rings. The molecule has 4 heteroatoms. The molecule has 0 bridgehead atoms. The van der Waals surface area contributed by atoms with Crippen molar-refractivity contribution in [2.75, 3.05) is 25.4 Å². The van der Waals surface area contributed by atoms with E-state index in [1.807, 2.05) is 11.8 Å². The third kappa shape index (κ3) is 3.41. The second-order valence-electron chi connectivity index (χ2n) is 5.58. The molecule has 0 radical (unpaired) electrons. The van der Waals surface area contributed by atoms with Crippen LogP contribution in [0.2, 0.25) is 0 Å². The van der Waals surface area contributed by atoms with Crippen LogP contribution in [0.25, 0.3) is 0 Å². The lowest BCUT2D eigenvalue weighted by Gasteiger charge is -2.36. The molecule has 0 aromatic heterocycles. The second-order valence-corrected chi connectivity index (χ2v) is 6.99. The summed E-state index contributed by atoms with van der Waals surface area (Å²) < 4.78 is 0. The third-order valence-electron chi connectivity index (χ3n) is 4.48. The van der Waals surface area contributed by atoms with Crippen LogP contribution in [0.3, 0.4) is 0 Å². The van der Waals surface area contributed by atoms with Gasteiger partial charge in [-0.3, -0.25) is 4.79 Å². The highest BCUT2D eigenvalue weighted by Gasteiger charge is 2.37. The second kappa shape index (κ2) is 6.80. The number of hydrogen-bond acceptors (Lipinski definition) is 3. The predicted octanol–water partition coefficient (Wildman–Crippen LogP) is 2.17. The van der Waals surface area contributed by atoms with Gasteiger partial charge in [-0.05, 0) is 50.9 Å². The zero-order chi connectivity index (χ0) is 12.8. The summed E-state index contributed by atoms with van der Waals surface area (Å²) in [5.74, 6) is 1.57. The van der Waals surface area contributed by atoms with Gasteiger partial charge < -0.3 is 10.6 Å². The van der Waals surface area contributed by atoms with Gasteiger partial charge in [-0.25, -0.2) is 0 Å². The van der Waals surface area contributed by atoms with E-state index in [1.165, 1.54) is 25.0 Å². The van der Waals surface area contributed by atoms with Crippen molar-refractivity contribution in [2.24, 2.45) is 5.41 Å². The Balaban J connectivity index is 1.81. The first-order chi connectivity index (χ1) is 8.77. The first kappa shape index (κ1) is 14.2. The van der Waals surface area contributed by atoms with Gasteiger partial charge in [0.2, 0.25) is 5.91 Å². The summed E-state index contributed by atoms with van der Waals surface area (Å²) in [5.41, 5.74) is -0.0927. The number of amides is 1. The number of hydrogen-bond donors (Lipinski definition) is 2. The topological polar surface area (TPSA) is 41.1 Å². The standard InChI is InChI=1S/C14H26N2OS/c1-2-14(6-8-15-9-7-14)13(17)16-11-12-5-3-4-10-18-12/h12,15H,2-11H2,1H3,(H,16,17). The largest absolute Gasteiger partial charge is 0.355 e. The molecule has 2 aliphatic heterocycles. The van der Waals surface area contributed by atoms with E-state index in [-0.39, 0.29) is 5.41 Å². The highest BCUT2D eigenvalue weighted by atomic mass is 32.2. The Labute approximate surface area is 115 Å². The zero-order valence-corrected chi connectivity index (χ0v) is 12.3. The maximum absolute atomic E-state index is 12.4. The fraction of sp³-hybridized carbons (Fsp3) is 0.929. The zero-order valence-electron chi connectivity index (χ0n) is 11.5. The Bertz CT molecular complexity index is 271.